The molecule has 0 N–H and O–H groups in total. The molecule has 0 saturated heterocycles. The van der Waals surface area contributed by atoms with Crippen molar-refractivity contribution in [3.63, 3.8) is 0 Å². The molecule has 0 fully saturated rings. The Morgan fingerprint density at radius 3 is 2.50 bits per heavy atom. The van der Waals surface area contributed by atoms with E-state index in [1.54, 1.807) is 0 Å². The van der Waals surface area contributed by atoms with E-state index in [1.165, 1.54) is 0 Å². The minimum Gasteiger partial charge on any atom is -0.488 e. The second-order valence-electron chi connectivity index (χ2n) is 7.37. The lowest BCUT2D eigenvalue weighted by atomic mass is 10.1. The highest BCUT2D eigenvalue weighted by Crippen LogP contribution is 2.29. The normalized spacial score (nSPS) is 10.9. The van der Waals surface area contributed by atoms with Crippen LogP contribution in [0.2, 0.25) is 0 Å². The highest BCUT2D eigenvalue weighted by molar-refractivity contribution is 5.85. The zero-order valence-electron chi connectivity index (χ0n) is 17.6. The molecule has 0 amide bonds. The zero-order chi connectivity index (χ0) is 21.1. The Balaban J connectivity index is 1.59. The number of rotatable bonds is 6. The smallest absolute Gasteiger partial charge is 0.131 e. The number of hydrogen-bond donors (Lipinski definition) is 0. The molecule has 0 unspecified atom stereocenters. The number of para-hydroxylation sites is 1. The molecule has 150 valence electrons. The standard InChI is InChI=1S/C26H25N3O/c1-4-22-15-25(23-8-6-7-9-24(23)28-22)30-17-19-10-12-20(13-11-19)26-21(16-27)14-18(3)29(26)5-2/h6-15H,4-5,17H2,1-3H3. The molecule has 30 heavy (non-hydrogen) atoms. The quantitative estimate of drug-likeness (QED) is 0.400. The molecular weight excluding hydrogens is 370 g/mol. The van der Waals surface area contributed by atoms with Crippen molar-refractivity contribution in [2.24, 2.45) is 0 Å². The number of nitrogens with zero attached hydrogens (tertiary/aromatic N) is 3. The van der Waals surface area contributed by atoms with Gasteiger partial charge in [0, 0.05) is 29.4 Å². The Morgan fingerprint density at radius 1 is 1.03 bits per heavy atom. The van der Waals surface area contributed by atoms with E-state index in [0.29, 0.717) is 12.2 Å². The van der Waals surface area contributed by atoms with Gasteiger partial charge in [-0.3, -0.25) is 4.98 Å². The largest absolute Gasteiger partial charge is 0.488 e. The molecule has 4 rings (SSSR count). The summed E-state index contributed by atoms with van der Waals surface area (Å²) in [5.41, 5.74) is 6.93. The highest BCUT2D eigenvalue weighted by Gasteiger charge is 2.14. The maximum Gasteiger partial charge on any atom is 0.131 e. The fourth-order valence-electron chi connectivity index (χ4n) is 3.90. The van der Waals surface area contributed by atoms with Crippen LogP contribution in [0.15, 0.2) is 60.7 Å². The lowest BCUT2D eigenvalue weighted by Gasteiger charge is -2.12. The average molecular weight is 396 g/mol. The van der Waals surface area contributed by atoms with Crippen molar-refractivity contribution >= 4 is 10.9 Å². The summed E-state index contributed by atoms with van der Waals surface area (Å²) >= 11 is 0. The number of aryl methyl sites for hydroxylation is 2. The summed E-state index contributed by atoms with van der Waals surface area (Å²) < 4.78 is 8.37. The third kappa shape index (κ3) is 3.67. The molecule has 0 aliphatic heterocycles. The van der Waals surface area contributed by atoms with Crippen LogP contribution in [0.1, 0.15) is 36.4 Å². The van der Waals surface area contributed by atoms with Crippen LogP contribution in [-0.4, -0.2) is 9.55 Å². The number of benzene rings is 2. The molecule has 2 aromatic heterocycles. The van der Waals surface area contributed by atoms with Gasteiger partial charge in [-0.05, 0) is 49.6 Å². The van der Waals surface area contributed by atoms with Crippen LogP contribution in [0.3, 0.4) is 0 Å². The predicted octanol–water partition coefficient (Wildman–Crippen LogP) is 6.04. The fraction of sp³-hybridized carbons (Fsp3) is 0.231. The number of pyridine rings is 1. The Kier molecular flexibility index (Phi) is 5.54. The van der Waals surface area contributed by atoms with E-state index in [1.807, 2.05) is 43.3 Å². The summed E-state index contributed by atoms with van der Waals surface area (Å²) in [6.07, 6.45) is 0.869. The van der Waals surface area contributed by atoms with Gasteiger partial charge in [0.2, 0.25) is 0 Å². The Morgan fingerprint density at radius 2 is 1.80 bits per heavy atom. The third-order valence-electron chi connectivity index (χ3n) is 5.46. The molecule has 4 nitrogen and oxygen atoms in total. The van der Waals surface area contributed by atoms with Crippen molar-refractivity contribution < 1.29 is 4.74 Å². The first-order valence-corrected chi connectivity index (χ1v) is 10.4. The lowest BCUT2D eigenvalue weighted by molar-refractivity contribution is 0.309. The summed E-state index contributed by atoms with van der Waals surface area (Å²) in [6, 6.07) is 22.7. The van der Waals surface area contributed by atoms with Crippen LogP contribution in [0.5, 0.6) is 5.75 Å². The van der Waals surface area contributed by atoms with E-state index in [9.17, 15) is 5.26 Å². The molecule has 0 saturated carbocycles. The van der Waals surface area contributed by atoms with Gasteiger partial charge >= 0.3 is 0 Å². The van der Waals surface area contributed by atoms with E-state index < -0.39 is 0 Å². The third-order valence-corrected chi connectivity index (χ3v) is 5.46. The van der Waals surface area contributed by atoms with Gasteiger partial charge in [-0.15, -0.1) is 0 Å². The lowest BCUT2D eigenvalue weighted by Crippen LogP contribution is -2.01. The summed E-state index contributed by atoms with van der Waals surface area (Å²) in [4.78, 5) is 4.68. The number of ether oxygens (including phenoxy) is 1. The average Bonchev–Trinajstić information content (AvgIpc) is 3.12. The fourth-order valence-corrected chi connectivity index (χ4v) is 3.90. The van der Waals surface area contributed by atoms with Crippen LogP contribution in [0, 0.1) is 18.3 Å². The van der Waals surface area contributed by atoms with Crippen LogP contribution >= 0.6 is 0 Å². The van der Waals surface area contributed by atoms with Crippen molar-refractivity contribution in [3.05, 3.63) is 83.2 Å². The molecule has 2 heterocycles. The number of aromatic nitrogens is 2. The van der Waals surface area contributed by atoms with Crippen LogP contribution in [0.25, 0.3) is 22.2 Å². The number of hydrogen-bond acceptors (Lipinski definition) is 3. The topological polar surface area (TPSA) is 50.8 Å². The van der Waals surface area contributed by atoms with Crippen LogP contribution < -0.4 is 4.74 Å². The molecule has 0 bridgehead atoms. The van der Waals surface area contributed by atoms with E-state index in [0.717, 1.165) is 57.8 Å². The molecule has 4 aromatic rings. The first-order valence-electron chi connectivity index (χ1n) is 10.4. The number of fused-ring (bicyclic) bond motifs is 1. The minimum absolute atomic E-state index is 0.483. The Bertz CT molecular complexity index is 1230. The van der Waals surface area contributed by atoms with Crippen LogP contribution in [-0.2, 0) is 19.6 Å². The van der Waals surface area contributed by atoms with Gasteiger partial charge in [-0.2, -0.15) is 5.26 Å². The summed E-state index contributed by atoms with van der Waals surface area (Å²) in [5.74, 6) is 0.865. The van der Waals surface area contributed by atoms with Gasteiger partial charge in [0.15, 0.2) is 0 Å². The zero-order valence-corrected chi connectivity index (χ0v) is 17.6. The summed E-state index contributed by atoms with van der Waals surface area (Å²) in [7, 11) is 0. The maximum absolute atomic E-state index is 9.52. The molecule has 0 atom stereocenters. The van der Waals surface area contributed by atoms with Gasteiger partial charge in [0.05, 0.1) is 16.8 Å². The van der Waals surface area contributed by atoms with E-state index in [2.05, 4.69) is 53.7 Å². The first kappa shape index (κ1) is 19.7. The molecule has 0 spiro atoms. The molecule has 4 heteroatoms. The van der Waals surface area contributed by atoms with E-state index in [-0.39, 0.29) is 0 Å². The molecular formula is C26H25N3O. The van der Waals surface area contributed by atoms with Gasteiger partial charge in [0.25, 0.3) is 0 Å². The van der Waals surface area contributed by atoms with Crippen molar-refractivity contribution in [2.75, 3.05) is 0 Å². The number of nitriles is 1. The highest BCUT2D eigenvalue weighted by atomic mass is 16.5. The van der Waals surface area contributed by atoms with Gasteiger partial charge in [-0.25, -0.2) is 0 Å². The predicted molar refractivity (Wildman–Crippen MR) is 120 cm³/mol. The Labute approximate surface area is 177 Å². The van der Waals surface area contributed by atoms with E-state index >= 15 is 0 Å². The second kappa shape index (κ2) is 8.42. The molecule has 0 radical (unpaired) electrons. The second-order valence-corrected chi connectivity index (χ2v) is 7.37. The SMILES string of the molecule is CCc1cc(OCc2ccc(-c3c(C#N)cc(C)n3CC)cc2)c2ccccc2n1. The van der Waals surface area contributed by atoms with Crippen molar-refractivity contribution in [1.29, 1.82) is 5.26 Å². The van der Waals surface area contributed by atoms with Gasteiger partial charge < -0.3 is 9.30 Å². The molecule has 2 aromatic carbocycles. The van der Waals surface area contributed by atoms with Crippen LogP contribution in [0.4, 0.5) is 0 Å². The van der Waals surface area contributed by atoms with Crippen molar-refractivity contribution in [1.82, 2.24) is 9.55 Å². The Hall–Kier alpha value is -3.58. The monoisotopic (exact) mass is 395 g/mol. The summed E-state index contributed by atoms with van der Waals surface area (Å²) in [6.45, 7) is 7.56. The molecule has 0 aliphatic rings. The van der Waals surface area contributed by atoms with Gasteiger partial charge in [-0.1, -0.05) is 43.3 Å². The minimum atomic E-state index is 0.483. The van der Waals surface area contributed by atoms with Crippen molar-refractivity contribution in [2.45, 2.75) is 40.3 Å². The summed E-state index contributed by atoms with van der Waals surface area (Å²) in [5, 5.41) is 10.5. The molecule has 0 aliphatic carbocycles. The first-order chi connectivity index (χ1) is 14.6. The van der Waals surface area contributed by atoms with E-state index in [4.69, 9.17) is 4.74 Å². The maximum atomic E-state index is 9.52. The van der Waals surface area contributed by atoms with Crippen molar-refractivity contribution in [3.8, 4) is 23.1 Å². The van der Waals surface area contributed by atoms with Gasteiger partial charge in [0.1, 0.15) is 18.4 Å².